The second-order valence-corrected chi connectivity index (χ2v) is 6.78. The minimum Gasteiger partial charge on any atom is -0.494 e. The number of nitrogens with zero attached hydrogens (tertiary/aromatic N) is 1. The van der Waals surface area contributed by atoms with Crippen LogP contribution >= 0.6 is 35.4 Å². The number of benzene rings is 2. The number of thiocarbonyl (C=S) groups is 1. The van der Waals surface area contributed by atoms with Gasteiger partial charge in [0.25, 0.3) is 11.8 Å². The van der Waals surface area contributed by atoms with Gasteiger partial charge in [-0.05, 0) is 67.2 Å². The molecule has 3 rings (SSSR count). The summed E-state index contributed by atoms with van der Waals surface area (Å²) in [5.41, 5.74) is 0.933. The molecule has 0 aliphatic carbocycles. The van der Waals surface area contributed by atoms with E-state index in [1.165, 1.54) is 17.0 Å². The lowest BCUT2D eigenvalue weighted by Gasteiger charge is -2.29. The third-order valence-electron chi connectivity index (χ3n) is 3.77. The number of amides is 2. The highest BCUT2D eigenvalue weighted by Gasteiger charge is 2.34. The fourth-order valence-corrected chi connectivity index (χ4v) is 3.27. The quantitative estimate of drug-likeness (QED) is 0.456. The van der Waals surface area contributed by atoms with Crippen molar-refractivity contribution in [3.05, 3.63) is 63.6 Å². The summed E-state index contributed by atoms with van der Waals surface area (Å²) in [6.45, 7) is 2.41. The van der Waals surface area contributed by atoms with Crippen molar-refractivity contribution < 1.29 is 14.3 Å². The minimum atomic E-state index is -0.585. The Morgan fingerprint density at radius 1 is 1.15 bits per heavy atom. The molecule has 1 heterocycles. The van der Waals surface area contributed by atoms with Crippen LogP contribution in [0.5, 0.6) is 5.75 Å². The van der Waals surface area contributed by atoms with E-state index >= 15 is 0 Å². The Morgan fingerprint density at radius 3 is 2.48 bits per heavy atom. The molecule has 8 heteroatoms. The number of carbonyl (C=O) groups excluding carboxylic acids is 2. The van der Waals surface area contributed by atoms with Crippen molar-refractivity contribution in [1.29, 1.82) is 0 Å². The van der Waals surface area contributed by atoms with E-state index in [9.17, 15) is 9.59 Å². The molecule has 27 heavy (non-hydrogen) atoms. The molecule has 1 fully saturated rings. The Bertz CT molecular complexity index is 958. The van der Waals surface area contributed by atoms with Gasteiger partial charge in [0.05, 0.1) is 12.3 Å². The second-order valence-electron chi connectivity index (χ2n) is 5.55. The van der Waals surface area contributed by atoms with E-state index in [-0.39, 0.29) is 10.7 Å². The van der Waals surface area contributed by atoms with Crippen LogP contribution in [0.15, 0.2) is 48.0 Å². The molecule has 0 aromatic heterocycles. The standard InChI is InChI=1S/C19H14Cl2N2O3S/c1-2-26-14-7-5-13(6-8-14)23-18(25)15(17(24)22-19(23)27)9-11-3-4-12(20)10-16(11)21/h3-10H,2H2,1H3,(H,22,24,27)/b15-9+. The first-order valence-corrected chi connectivity index (χ1v) is 9.16. The number of carbonyl (C=O) groups is 2. The SMILES string of the molecule is CCOc1ccc(N2C(=O)/C(=C/c3ccc(Cl)cc3Cl)C(=O)NC2=S)cc1. The maximum atomic E-state index is 12.9. The molecule has 1 saturated heterocycles. The van der Waals surface area contributed by atoms with E-state index in [1.54, 1.807) is 36.4 Å². The molecule has 1 aliphatic heterocycles. The number of hydrogen-bond donors (Lipinski definition) is 1. The van der Waals surface area contributed by atoms with Gasteiger partial charge in [0.15, 0.2) is 5.11 Å². The molecule has 0 saturated carbocycles. The molecule has 5 nitrogen and oxygen atoms in total. The van der Waals surface area contributed by atoms with Crippen molar-refractivity contribution in [3.63, 3.8) is 0 Å². The summed E-state index contributed by atoms with van der Waals surface area (Å²) >= 11 is 17.2. The van der Waals surface area contributed by atoms with Crippen molar-refractivity contribution in [1.82, 2.24) is 5.32 Å². The zero-order valence-corrected chi connectivity index (χ0v) is 16.5. The van der Waals surface area contributed by atoms with Crippen LogP contribution in [0.25, 0.3) is 6.08 Å². The third-order valence-corrected chi connectivity index (χ3v) is 4.62. The highest BCUT2D eigenvalue weighted by atomic mass is 35.5. The smallest absolute Gasteiger partial charge is 0.270 e. The average Bonchev–Trinajstić information content (AvgIpc) is 2.61. The molecule has 1 aliphatic rings. The molecule has 0 radical (unpaired) electrons. The van der Waals surface area contributed by atoms with Gasteiger partial charge >= 0.3 is 0 Å². The highest BCUT2D eigenvalue weighted by molar-refractivity contribution is 7.80. The molecule has 2 aromatic carbocycles. The van der Waals surface area contributed by atoms with Crippen molar-refractivity contribution in [3.8, 4) is 5.75 Å². The summed E-state index contributed by atoms with van der Waals surface area (Å²) in [5.74, 6) is -0.457. The highest BCUT2D eigenvalue weighted by Crippen LogP contribution is 2.27. The van der Waals surface area contributed by atoms with Gasteiger partial charge in [-0.1, -0.05) is 29.3 Å². The summed E-state index contributed by atoms with van der Waals surface area (Å²) in [6, 6.07) is 11.6. The largest absolute Gasteiger partial charge is 0.494 e. The fourth-order valence-electron chi connectivity index (χ4n) is 2.52. The summed E-state index contributed by atoms with van der Waals surface area (Å²) in [5, 5.41) is 3.32. The lowest BCUT2D eigenvalue weighted by molar-refractivity contribution is -0.122. The molecule has 0 unspecified atom stereocenters. The molecular weight excluding hydrogens is 407 g/mol. The van der Waals surface area contributed by atoms with E-state index in [2.05, 4.69) is 5.32 Å². The minimum absolute atomic E-state index is 0.00788. The Kier molecular flexibility index (Phi) is 5.79. The average molecular weight is 421 g/mol. The van der Waals surface area contributed by atoms with Crippen LogP contribution in [0, 0.1) is 0 Å². The Balaban J connectivity index is 1.97. The number of hydrogen-bond acceptors (Lipinski definition) is 4. The Hall–Kier alpha value is -2.41. The van der Waals surface area contributed by atoms with Gasteiger partial charge in [-0.15, -0.1) is 0 Å². The first-order valence-electron chi connectivity index (χ1n) is 8.00. The van der Waals surface area contributed by atoms with E-state index in [0.29, 0.717) is 33.7 Å². The van der Waals surface area contributed by atoms with E-state index in [4.69, 9.17) is 40.2 Å². The zero-order valence-electron chi connectivity index (χ0n) is 14.2. The topological polar surface area (TPSA) is 58.6 Å². The van der Waals surface area contributed by atoms with Gasteiger partial charge in [0.2, 0.25) is 0 Å². The monoisotopic (exact) mass is 420 g/mol. The molecule has 0 atom stereocenters. The maximum Gasteiger partial charge on any atom is 0.270 e. The molecular formula is C19H14Cl2N2O3S. The number of rotatable bonds is 4. The second kappa shape index (κ2) is 8.08. The third kappa shape index (κ3) is 4.13. The fraction of sp³-hybridized carbons (Fsp3) is 0.105. The Morgan fingerprint density at radius 2 is 1.85 bits per heavy atom. The van der Waals surface area contributed by atoms with Gasteiger partial charge in [0.1, 0.15) is 11.3 Å². The summed E-state index contributed by atoms with van der Waals surface area (Å²) < 4.78 is 5.40. The van der Waals surface area contributed by atoms with Crippen molar-refractivity contribution in [2.75, 3.05) is 11.5 Å². The molecule has 2 aromatic rings. The van der Waals surface area contributed by atoms with Gasteiger partial charge in [-0.2, -0.15) is 0 Å². The normalized spacial score (nSPS) is 15.9. The van der Waals surface area contributed by atoms with Gasteiger partial charge in [0, 0.05) is 10.0 Å². The predicted molar refractivity (Wildman–Crippen MR) is 110 cm³/mol. The maximum absolute atomic E-state index is 12.9. The van der Waals surface area contributed by atoms with E-state index in [1.807, 2.05) is 6.92 Å². The van der Waals surface area contributed by atoms with Crippen molar-refractivity contribution >= 4 is 64.1 Å². The molecule has 1 N–H and O–H groups in total. The first-order chi connectivity index (χ1) is 12.9. The molecule has 138 valence electrons. The summed E-state index contributed by atoms with van der Waals surface area (Å²) in [4.78, 5) is 26.5. The lowest BCUT2D eigenvalue weighted by atomic mass is 10.1. The summed E-state index contributed by atoms with van der Waals surface area (Å²) in [6.07, 6.45) is 1.42. The van der Waals surface area contributed by atoms with E-state index in [0.717, 1.165) is 0 Å². The molecule has 0 bridgehead atoms. The van der Waals surface area contributed by atoms with Crippen LogP contribution in [0.1, 0.15) is 12.5 Å². The van der Waals surface area contributed by atoms with Crippen LogP contribution in [0.2, 0.25) is 10.0 Å². The number of anilines is 1. The predicted octanol–water partition coefficient (Wildman–Crippen LogP) is 4.22. The van der Waals surface area contributed by atoms with Crippen LogP contribution in [-0.2, 0) is 9.59 Å². The number of halogens is 2. The summed E-state index contributed by atoms with van der Waals surface area (Å²) in [7, 11) is 0. The van der Waals surface area contributed by atoms with Crippen LogP contribution < -0.4 is 15.0 Å². The van der Waals surface area contributed by atoms with Crippen LogP contribution in [0.3, 0.4) is 0 Å². The molecule has 2 amide bonds. The zero-order chi connectivity index (χ0) is 19.6. The van der Waals surface area contributed by atoms with E-state index < -0.39 is 11.8 Å². The molecule has 0 spiro atoms. The van der Waals surface area contributed by atoms with Crippen LogP contribution in [-0.4, -0.2) is 23.5 Å². The van der Waals surface area contributed by atoms with Crippen LogP contribution in [0.4, 0.5) is 5.69 Å². The first kappa shape index (κ1) is 19.4. The lowest BCUT2D eigenvalue weighted by Crippen LogP contribution is -2.54. The van der Waals surface area contributed by atoms with Crippen molar-refractivity contribution in [2.45, 2.75) is 6.92 Å². The van der Waals surface area contributed by atoms with Gasteiger partial charge in [-0.3, -0.25) is 19.8 Å². The number of ether oxygens (including phenoxy) is 1. The van der Waals surface area contributed by atoms with Gasteiger partial charge in [-0.25, -0.2) is 0 Å². The van der Waals surface area contributed by atoms with Crippen molar-refractivity contribution in [2.24, 2.45) is 0 Å². The van der Waals surface area contributed by atoms with Gasteiger partial charge < -0.3 is 4.74 Å². The number of nitrogens with one attached hydrogen (secondary N) is 1. The Labute approximate surface area is 171 Å².